The molecule has 6 heteroatoms. The van der Waals surface area contributed by atoms with Crippen molar-refractivity contribution in [1.29, 1.82) is 0 Å². The van der Waals surface area contributed by atoms with Gasteiger partial charge in [-0.05, 0) is 55.3 Å². The molecule has 2 aromatic heterocycles. The number of fused-ring (bicyclic) bond motifs is 6. The molecule has 0 spiro atoms. The highest BCUT2D eigenvalue weighted by Gasteiger charge is 2.26. The third-order valence-corrected chi connectivity index (χ3v) is 7.54. The molecule has 0 aliphatic rings. The molecule has 0 amide bonds. The van der Waals surface area contributed by atoms with Crippen molar-refractivity contribution in [3.63, 3.8) is 0 Å². The second kappa shape index (κ2) is 10.2. The van der Waals surface area contributed by atoms with Crippen molar-refractivity contribution in [1.82, 2.24) is 0 Å². The lowest BCUT2D eigenvalue weighted by atomic mass is 9.88. The molecule has 206 valence electrons. The lowest BCUT2D eigenvalue weighted by Crippen LogP contribution is -2.12. The summed E-state index contributed by atoms with van der Waals surface area (Å²) in [6.45, 7) is 3.93. The van der Waals surface area contributed by atoms with E-state index < -0.39 is 11.9 Å². The van der Waals surface area contributed by atoms with Crippen LogP contribution in [0.5, 0.6) is 0 Å². The van der Waals surface area contributed by atoms with Crippen LogP contribution in [0.3, 0.4) is 0 Å². The van der Waals surface area contributed by atoms with Gasteiger partial charge in [-0.1, -0.05) is 66.7 Å². The van der Waals surface area contributed by atoms with Crippen LogP contribution in [0.15, 0.2) is 106 Å². The molecule has 0 radical (unpaired) electrons. The van der Waals surface area contributed by atoms with Crippen molar-refractivity contribution in [2.45, 2.75) is 13.8 Å². The zero-order valence-corrected chi connectivity index (χ0v) is 23.1. The predicted octanol–water partition coefficient (Wildman–Crippen LogP) is 9.17. The summed E-state index contributed by atoms with van der Waals surface area (Å²) < 4.78 is 23.5. The van der Waals surface area contributed by atoms with Crippen molar-refractivity contribution in [2.75, 3.05) is 13.2 Å². The summed E-state index contributed by atoms with van der Waals surface area (Å²) in [5.74, 6) is -0.993. The zero-order valence-electron chi connectivity index (χ0n) is 23.1. The van der Waals surface area contributed by atoms with Gasteiger partial charge in [-0.2, -0.15) is 0 Å². The summed E-state index contributed by atoms with van der Waals surface area (Å²) in [4.78, 5) is 27.2. The van der Waals surface area contributed by atoms with Crippen molar-refractivity contribution >= 4 is 55.8 Å². The number of esters is 2. The third-order valence-electron chi connectivity index (χ3n) is 7.54. The van der Waals surface area contributed by atoms with Crippen LogP contribution in [-0.4, -0.2) is 25.2 Å². The molecule has 7 rings (SSSR count). The number of hydrogen-bond donors (Lipinski definition) is 0. The Kier molecular flexibility index (Phi) is 6.24. The Morgan fingerprint density at radius 1 is 0.548 bits per heavy atom. The average molecular weight is 555 g/mol. The van der Waals surface area contributed by atoms with Gasteiger partial charge in [-0.3, -0.25) is 0 Å². The first-order chi connectivity index (χ1) is 20.6. The Bertz CT molecular complexity index is 2160. The molecule has 0 saturated heterocycles. The lowest BCUT2D eigenvalue weighted by molar-refractivity contribution is 0.0513. The number of hydrogen-bond acceptors (Lipinski definition) is 6. The Morgan fingerprint density at radius 2 is 1.07 bits per heavy atom. The van der Waals surface area contributed by atoms with Gasteiger partial charge in [0.05, 0.1) is 24.3 Å². The fraction of sp³-hybridized carbons (Fsp3) is 0.111. The molecule has 6 nitrogen and oxygen atoms in total. The molecule has 2 heterocycles. The largest absolute Gasteiger partial charge is 0.462 e. The summed E-state index contributed by atoms with van der Waals surface area (Å²) >= 11 is 0. The second-order valence-electron chi connectivity index (χ2n) is 9.94. The smallest absolute Gasteiger partial charge is 0.338 e. The maximum Gasteiger partial charge on any atom is 0.338 e. The van der Waals surface area contributed by atoms with Crippen LogP contribution in [-0.2, 0) is 9.47 Å². The first kappa shape index (κ1) is 25.6. The number of carbonyl (C=O) groups is 2. The molecular formula is C36H26O6. The minimum Gasteiger partial charge on any atom is -0.462 e. The normalized spacial score (nSPS) is 11.5. The van der Waals surface area contributed by atoms with E-state index in [0.29, 0.717) is 39.0 Å². The Labute approximate surface area is 241 Å². The first-order valence-electron chi connectivity index (χ1n) is 13.9. The van der Waals surface area contributed by atoms with Gasteiger partial charge < -0.3 is 18.3 Å². The van der Waals surface area contributed by atoms with Crippen LogP contribution in [0.25, 0.3) is 66.1 Å². The SMILES string of the molecule is CCOC(=O)c1cc(-c2cccc3oc4ccccc4c23)c(C(=O)OCC)cc1-c1cccc2c1oc1ccccc12. The molecule has 0 N–H and O–H groups in total. The highest BCUT2D eigenvalue weighted by Crippen LogP contribution is 2.42. The summed E-state index contributed by atoms with van der Waals surface area (Å²) in [5.41, 5.74) is 5.91. The van der Waals surface area contributed by atoms with Crippen molar-refractivity contribution in [3.05, 3.63) is 108 Å². The summed E-state index contributed by atoms with van der Waals surface area (Å²) in [7, 11) is 0. The molecule has 0 aliphatic heterocycles. The average Bonchev–Trinajstić information content (AvgIpc) is 3.59. The van der Waals surface area contributed by atoms with Gasteiger partial charge in [0.1, 0.15) is 22.3 Å². The predicted molar refractivity (Wildman–Crippen MR) is 164 cm³/mol. The summed E-state index contributed by atoms with van der Waals surface area (Å²) in [6.07, 6.45) is 0. The number of rotatable bonds is 6. The van der Waals surface area contributed by atoms with Gasteiger partial charge in [-0.15, -0.1) is 0 Å². The Balaban J connectivity index is 1.57. The van der Waals surface area contributed by atoms with Crippen LogP contribution in [0, 0.1) is 0 Å². The molecule has 0 unspecified atom stereocenters. The van der Waals surface area contributed by atoms with E-state index in [1.54, 1.807) is 26.0 Å². The number of ether oxygens (including phenoxy) is 2. The van der Waals surface area contributed by atoms with Crippen molar-refractivity contribution in [3.8, 4) is 22.3 Å². The fourth-order valence-corrected chi connectivity index (χ4v) is 5.76. The molecule has 42 heavy (non-hydrogen) atoms. The fourth-order valence-electron chi connectivity index (χ4n) is 5.76. The minimum atomic E-state index is -0.499. The summed E-state index contributed by atoms with van der Waals surface area (Å²) in [6, 6.07) is 30.5. The van der Waals surface area contributed by atoms with Crippen LogP contribution < -0.4 is 0 Å². The van der Waals surface area contributed by atoms with Gasteiger partial charge in [0.25, 0.3) is 0 Å². The lowest BCUT2D eigenvalue weighted by Gasteiger charge is -2.17. The van der Waals surface area contributed by atoms with Crippen LogP contribution >= 0.6 is 0 Å². The standard InChI is InChI=1S/C36H26O6/c1-3-39-35(37)28-20-27(24-15-9-14-23-21-11-5-7-16-30(21)42-34(23)24)29(36(38)40-4-2)19-26(28)22-13-10-18-32-33(22)25-12-6-8-17-31(25)41-32/h5-20H,3-4H2,1-2H3. The van der Waals surface area contributed by atoms with E-state index in [-0.39, 0.29) is 13.2 Å². The van der Waals surface area contributed by atoms with E-state index in [9.17, 15) is 9.59 Å². The molecule has 7 aromatic rings. The van der Waals surface area contributed by atoms with Crippen LogP contribution in [0.2, 0.25) is 0 Å². The molecule has 5 aromatic carbocycles. The molecular weight excluding hydrogens is 528 g/mol. The van der Waals surface area contributed by atoms with Gasteiger partial charge in [0, 0.05) is 32.7 Å². The maximum atomic E-state index is 13.6. The molecule has 0 bridgehead atoms. The van der Waals surface area contributed by atoms with E-state index in [1.807, 2.05) is 84.9 Å². The topological polar surface area (TPSA) is 78.9 Å². The van der Waals surface area contributed by atoms with Gasteiger partial charge in [0.15, 0.2) is 0 Å². The number of benzene rings is 5. The Morgan fingerprint density at radius 3 is 1.76 bits per heavy atom. The van der Waals surface area contributed by atoms with E-state index in [4.69, 9.17) is 18.3 Å². The van der Waals surface area contributed by atoms with Crippen molar-refractivity contribution < 1.29 is 27.9 Å². The molecule has 0 aliphatic carbocycles. The zero-order chi connectivity index (χ0) is 28.8. The molecule has 0 fully saturated rings. The third kappa shape index (κ3) is 4.03. The quantitative estimate of drug-likeness (QED) is 0.191. The van der Waals surface area contributed by atoms with Gasteiger partial charge in [0.2, 0.25) is 0 Å². The molecule has 0 saturated carbocycles. The van der Waals surface area contributed by atoms with E-state index in [0.717, 1.165) is 38.3 Å². The number of carbonyl (C=O) groups excluding carboxylic acids is 2. The van der Waals surface area contributed by atoms with Crippen LogP contribution in [0.1, 0.15) is 34.6 Å². The second-order valence-corrected chi connectivity index (χ2v) is 9.94. The number of furan rings is 2. The number of para-hydroxylation sites is 3. The molecule has 0 atom stereocenters. The Hall–Kier alpha value is -5.36. The van der Waals surface area contributed by atoms with E-state index in [1.165, 1.54) is 0 Å². The maximum absolute atomic E-state index is 13.6. The monoisotopic (exact) mass is 554 g/mol. The minimum absolute atomic E-state index is 0.198. The van der Waals surface area contributed by atoms with E-state index >= 15 is 0 Å². The first-order valence-corrected chi connectivity index (χ1v) is 13.9. The van der Waals surface area contributed by atoms with Crippen molar-refractivity contribution in [2.24, 2.45) is 0 Å². The highest BCUT2D eigenvalue weighted by atomic mass is 16.5. The van der Waals surface area contributed by atoms with Crippen LogP contribution in [0.4, 0.5) is 0 Å². The summed E-state index contributed by atoms with van der Waals surface area (Å²) in [5, 5.41) is 3.63. The van der Waals surface area contributed by atoms with E-state index in [2.05, 4.69) is 0 Å². The highest BCUT2D eigenvalue weighted by molar-refractivity contribution is 6.17. The van der Waals surface area contributed by atoms with Gasteiger partial charge >= 0.3 is 11.9 Å². The van der Waals surface area contributed by atoms with Gasteiger partial charge in [-0.25, -0.2) is 9.59 Å².